The summed E-state index contributed by atoms with van der Waals surface area (Å²) in [6, 6.07) is 10.6. The standard InChI is InChI=1S/C26H33FN4O2S/c1-18(2)16-29-11-12-30(34(32,33)23-5-4-6-23)17-26(29)24-14-20-15-28-31(25(20)13-19(24)3)22-9-7-21(27)8-10-22/h7-10,13-15,18,23,26H,4-6,11-12,16-17H2,1-3H3. The molecule has 2 aliphatic rings. The molecule has 1 aliphatic heterocycles. The van der Waals surface area contributed by atoms with Crippen LogP contribution in [0.25, 0.3) is 16.6 Å². The van der Waals surface area contributed by atoms with E-state index in [-0.39, 0.29) is 17.1 Å². The SMILES string of the molecule is Cc1cc2c(cnn2-c2ccc(F)cc2)cc1C1CN(S(=O)(=O)C2CCC2)CCN1CC(C)C. The Morgan fingerprint density at radius 1 is 1.12 bits per heavy atom. The summed E-state index contributed by atoms with van der Waals surface area (Å²) in [5.74, 6) is 0.213. The van der Waals surface area contributed by atoms with Crippen molar-refractivity contribution in [2.24, 2.45) is 5.92 Å². The number of fused-ring (bicyclic) bond motifs is 1. The molecule has 1 saturated carbocycles. The fourth-order valence-electron chi connectivity index (χ4n) is 5.23. The molecular formula is C26H33FN4O2S. The Labute approximate surface area is 201 Å². The van der Waals surface area contributed by atoms with Gasteiger partial charge in [-0.15, -0.1) is 0 Å². The van der Waals surface area contributed by atoms with Crippen molar-refractivity contribution in [1.29, 1.82) is 0 Å². The predicted octanol–water partition coefficient (Wildman–Crippen LogP) is 4.67. The van der Waals surface area contributed by atoms with Crippen molar-refractivity contribution in [2.45, 2.75) is 51.3 Å². The van der Waals surface area contributed by atoms with Crippen LogP contribution in [0.1, 0.15) is 50.3 Å². The zero-order chi connectivity index (χ0) is 24.0. The zero-order valence-electron chi connectivity index (χ0n) is 20.1. The van der Waals surface area contributed by atoms with Crippen LogP contribution >= 0.6 is 0 Å². The number of piperazine rings is 1. The first-order valence-corrected chi connectivity index (χ1v) is 13.7. The molecule has 0 amide bonds. The number of aryl methyl sites for hydroxylation is 1. The Bertz CT molecular complexity index is 1280. The summed E-state index contributed by atoms with van der Waals surface area (Å²) in [6.07, 6.45) is 4.41. The summed E-state index contributed by atoms with van der Waals surface area (Å²) < 4.78 is 43.4. The van der Waals surface area contributed by atoms with Crippen molar-refractivity contribution >= 4 is 20.9 Å². The molecule has 0 bridgehead atoms. The zero-order valence-corrected chi connectivity index (χ0v) is 20.9. The maximum Gasteiger partial charge on any atom is 0.217 e. The van der Waals surface area contributed by atoms with Gasteiger partial charge in [-0.3, -0.25) is 4.90 Å². The smallest absolute Gasteiger partial charge is 0.217 e. The summed E-state index contributed by atoms with van der Waals surface area (Å²) in [5, 5.41) is 5.35. The number of hydrogen-bond donors (Lipinski definition) is 0. The van der Waals surface area contributed by atoms with Gasteiger partial charge in [0.25, 0.3) is 0 Å². The van der Waals surface area contributed by atoms with Gasteiger partial charge >= 0.3 is 0 Å². The Morgan fingerprint density at radius 2 is 1.85 bits per heavy atom. The molecule has 2 heterocycles. The van der Waals surface area contributed by atoms with Crippen molar-refractivity contribution in [2.75, 3.05) is 26.2 Å². The van der Waals surface area contributed by atoms with Crippen LogP contribution in [0.2, 0.25) is 0 Å². The van der Waals surface area contributed by atoms with E-state index < -0.39 is 10.0 Å². The first-order valence-electron chi connectivity index (χ1n) is 12.2. The molecule has 2 fully saturated rings. The van der Waals surface area contributed by atoms with Crippen LogP contribution in [0.3, 0.4) is 0 Å². The normalized spacial score (nSPS) is 20.8. The van der Waals surface area contributed by atoms with E-state index in [0.717, 1.165) is 60.1 Å². The lowest BCUT2D eigenvalue weighted by Crippen LogP contribution is -2.54. The van der Waals surface area contributed by atoms with Gasteiger partial charge in [0.05, 0.1) is 22.7 Å². The fourth-order valence-corrected chi connectivity index (χ4v) is 7.27. The molecule has 3 aromatic rings. The van der Waals surface area contributed by atoms with Crippen LogP contribution < -0.4 is 0 Å². The van der Waals surface area contributed by atoms with Crippen LogP contribution in [0, 0.1) is 18.7 Å². The van der Waals surface area contributed by atoms with Gasteiger partial charge in [0, 0.05) is 37.6 Å². The molecule has 182 valence electrons. The summed E-state index contributed by atoms with van der Waals surface area (Å²) in [6.45, 7) is 9.21. The second-order valence-corrected chi connectivity index (χ2v) is 12.4. The van der Waals surface area contributed by atoms with E-state index in [2.05, 4.69) is 42.9 Å². The van der Waals surface area contributed by atoms with E-state index in [4.69, 9.17) is 0 Å². The molecule has 1 aromatic heterocycles. The van der Waals surface area contributed by atoms with Gasteiger partial charge < -0.3 is 0 Å². The summed E-state index contributed by atoms with van der Waals surface area (Å²) in [5.41, 5.74) is 4.02. The predicted molar refractivity (Wildman–Crippen MR) is 133 cm³/mol. The van der Waals surface area contributed by atoms with E-state index in [1.165, 1.54) is 12.1 Å². The van der Waals surface area contributed by atoms with Gasteiger partial charge in [0.1, 0.15) is 5.82 Å². The molecular weight excluding hydrogens is 451 g/mol. The molecule has 1 aliphatic carbocycles. The molecule has 5 rings (SSSR count). The van der Waals surface area contributed by atoms with Crippen molar-refractivity contribution in [1.82, 2.24) is 19.0 Å². The first kappa shape index (κ1) is 23.5. The van der Waals surface area contributed by atoms with Crippen molar-refractivity contribution in [3.63, 3.8) is 0 Å². The highest BCUT2D eigenvalue weighted by molar-refractivity contribution is 7.89. The highest BCUT2D eigenvalue weighted by Gasteiger charge is 2.40. The van der Waals surface area contributed by atoms with Gasteiger partial charge in [-0.25, -0.2) is 17.5 Å². The Morgan fingerprint density at radius 3 is 2.50 bits per heavy atom. The Balaban J connectivity index is 1.51. The molecule has 8 heteroatoms. The highest BCUT2D eigenvalue weighted by atomic mass is 32.2. The Kier molecular flexibility index (Phi) is 6.25. The quantitative estimate of drug-likeness (QED) is 0.510. The molecule has 2 aromatic carbocycles. The fraction of sp³-hybridized carbons (Fsp3) is 0.500. The minimum absolute atomic E-state index is 0.00423. The number of aromatic nitrogens is 2. The van der Waals surface area contributed by atoms with E-state index in [0.29, 0.717) is 19.0 Å². The third-order valence-corrected chi connectivity index (χ3v) is 9.64. The largest absolute Gasteiger partial charge is 0.293 e. The lowest BCUT2D eigenvalue weighted by Gasteiger charge is -2.44. The van der Waals surface area contributed by atoms with Crippen molar-refractivity contribution in [3.8, 4) is 5.69 Å². The van der Waals surface area contributed by atoms with E-state index in [1.807, 2.05) is 10.9 Å². The molecule has 6 nitrogen and oxygen atoms in total. The number of benzene rings is 2. The topological polar surface area (TPSA) is 58.4 Å². The second-order valence-electron chi connectivity index (χ2n) is 10.2. The minimum atomic E-state index is -3.25. The maximum atomic E-state index is 13.4. The summed E-state index contributed by atoms with van der Waals surface area (Å²) in [7, 11) is -3.25. The average molecular weight is 485 g/mol. The van der Waals surface area contributed by atoms with Crippen molar-refractivity contribution in [3.05, 3.63) is 59.5 Å². The molecule has 1 atom stereocenters. The number of rotatable bonds is 6. The first-order chi connectivity index (χ1) is 16.2. The van der Waals surface area contributed by atoms with Crippen LogP contribution in [0.4, 0.5) is 4.39 Å². The van der Waals surface area contributed by atoms with E-state index in [9.17, 15) is 12.8 Å². The van der Waals surface area contributed by atoms with E-state index >= 15 is 0 Å². The molecule has 0 N–H and O–H groups in total. The number of halogens is 1. The number of hydrogen-bond acceptors (Lipinski definition) is 4. The Hall–Kier alpha value is -2.29. The molecule has 0 spiro atoms. The van der Waals surface area contributed by atoms with Gasteiger partial charge in [-0.2, -0.15) is 9.40 Å². The van der Waals surface area contributed by atoms with Gasteiger partial charge in [-0.05, 0) is 73.2 Å². The lowest BCUT2D eigenvalue weighted by molar-refractivity contribution is 0.104. The second kappa shape index (κ2) is 9.06. The highest BCUT2D eigenvalue weighted by Crippen LogP contribution is 2.36. The minimum Gasteiger partial charge on any atom is -0.293 e. The maximum absolute atomic E-state index is 13.4. The molecule has 1 saturated heterocycles. The molecule has 0 radical (unpaired) electrons. The van der Waals surface area contributed by atoms with Gasteiger partial charge in [0.15, 0.2) is 0 Å². The third-order valence-electron chi connectivity index (χ3n) is 7.27. The van der Waals surface area contributed by atoms with Crippen LogP contribution in [-0.2, 0) is 10.0 Å². The van der Waals surface area contributed by atoms with Crippen LogP contribution in [0.5, 0.6) is 0 Å². The number of nitrogens with zero attached hydrogens (tertiary/aromatic N) is 4. The lowest BCUT2D eigenvalue weighted by atomic mass is 9.96. The van der Waals surface area contributed by atoms with Gasteiger partial charge in [-0.1, -0.05) is 20.3 Å². The van der Waals surface area contributed by atoms with Gasteiger partial charge in [0.2, 0.25) is 10.0 Å². The van der Waals surface area contributed by atoms with Crippen molar-refractivity contribution < 1.29 is 12.8 Å². The average Bonchev–Trinajstić information content (AvgIpc) is 3.14. The van der Waals surface area contributed by atoms with E-state index in [1.54, 1.807) is 16.4 Å². The summed E-state index contributed by atoms with van der Waals surface area (Å²) in [4.78, 5) is 2.44. The molecule has 1 unspecified atom stereocenters. The van der Waals surface area contributed by atoms with Crippen LogP contribution in [0.15, 0.2) is 42.6 Å². The third kappa shape index (κ3) is 4.27. The molecule has 34 heavy (non-hydrogen) atoms. The number of sulfonamides is 1. The summed E-state index contributed by atoms with van der Waals surface area (Å²) >= 11 is 0. The van der Waals surface area contributed by atoms with Crippen LogP contribution in [-0.4, -0.2) is 58.8 Å². The monoisotopic (exact) mass is 484 g/mol.